The van der Waals surface area contributed by atoms with E-state index >= 15 is 0 Å². The van der Waals surface area contributed by atoms with Gasteiger partial charge < -0.3 is 22.9 Å². The Morgan fingerprint density at radius 2 is 1.90 bits per heavy atom. The Balaban J connectivity index is 2.85. The summed E-state index contributed by atoms with van der Waals surface area (Å²) in [4.78, 5) is 0. The molecule has 4 nitrogen and oxygen atoms in total. The van der Waals surface area contributed by atoms with Crippen molar-refractivity contribution in [1.82, 2.24) is 0 Å². The van der Waals surface area contributed by atoms with E-state index in [1.165, 1.54) is 0 Å². The highest BCUT2D eigenvalue weighted by molar-refractivity contribution is 5.30. The SMILES string of the molecule is NC1=C(N)CC(N)(N)C=C1. The molecule has 0 saturated heterocycles. The molecule has 0 aromatic carbocycles. The molecule has 1 rings (SSSR count). The van der Waals surface area contributed by atoms with E-state index in [4.69, 9.17) is 22.9 Å². The van der Waals surface area contributed by atoms with Crippen molar-refractivity contribution in [2.75, 3.05) is 0 Å². The molecular weight excluding hydrogens is 128 g/mol. The number of allylic oxidation sites excluding steroid dienone is 1. The summed E-state index contributed by atoms with van der Waals surface area (Å²) in [5.74, 6) is 0. The monoisotopic (exact) mass is 140 g/mol. The normalized spacial score (nSPS) is 23.4. The first-order valence-electron chi connectivity index (χ1n) is 3.02. The zero-order chi connectivity index (χ0) is 7.78. The van der Waals surface area contributed by atoms with Gasteiger partial charge >= 0.3 is 0 Å². The molecule has 0 unspecified atom stereocenters. The Morgan fingerprint density at radius 1 is 1.30 bits per heavy atom. The van der Waals surface area contributed by atoms with E-state index in [-0.39, 0.29) is 0 Å². The molecule has 0 bridgehead atoms. The quantitative estimate of drug-likeness (QED) is 0.313. The smallest absolute Gasteiger partial charge is 0.0888 e. The maximum absolute atomic E-state index is 5.55. The molecule has 0 amide bonds. The van der Waals surface area contributed by atoms with Crippen molar-refractivity contribution in [3.05, 3.63) is 23.5 Å². The minimum atomic E-state index is -0.813. The highest BCUT2D eigenvalue weighted by atomic mass is 15.0. The summed E-state index contributed by atoms with van der Waals surface area (Å²) in [6.45, 7) is 0. The van der Waals surface area contributed by atoms with Crippen LogP contribution in [0.2, 0.25) is 0 Å². The second-order valence-corrected chi connectivity index (χ2v) is 2.60. The van der Waals surface area contributed by atoms with Gasteiger partial charge in [0.1, 0.15) is 0 Å². The second kappa shape index (κ2) is 2.00. The van der Waals surface area contributed by atoms with Gasteiger partial charge in [0, 0.05) is 12.1 Å². The van der Waals surface area contributed by atoms with Crippen molar-refractivity contribution in [3.63, 3.8) is 0 Å². The van der Waals surface area contributed by atoms with Crippen LogP contribution in [0.15, 0.2) is 23.5 Å². The van der Waals surface area contributed by atoms with Crippen molar-refractivity contribution in [2.24, 2.45) is 22.9 Å². The van der Waals surface area contributed by atoms with Gasteiger partial charge in [0.15, 0.2) is 0 Å². The Morgan fingerprint density at radius 3 is 2.30 bits per heavy atom. The van der Waals surface area contributed by atoms with Crippen LogP contribution in [-0.4, -0.2) is 5.66 Å². The molecule has 0 heterocycles. The van der Waals surface area contributed by atoms with Crippen LogP contribution < -0.4 is 22.9 Å². The van der Waals surface area contributed by atoms with E-state index in [2.05, 4.69) is 0 Å². The van der Waals surface area contributed by atoms with Gasteiger partial charge in [-0.3, -0.25) is 0 Å². The molecule has 0 radical (unpaired) electrons. The lowest BCUT2D eigenvalue weighted by molar-refractivity contribution is 0.534. The topological polar surface area (TPSA) is 104 Å². The first-order valence-corrected chi connectivity index (χ1v) is 3.02. The molecule has 8 N–H and O–H groups in total. The third-order valence-electron chi connectivity index (χ3n) is 1.44. The second-order valence-electron chi connectivity index (χ2n) is 2.60. The molecule has 0 atom stereocenters. The maximum Gasteiger partial charge on any atom is 0.0888 e. The van der Waals surface area contributed by atoms with E-state index in [1.54, 1.807) is 12.2 Å². The molecule has 4 heteroatoms. The summed E-state index contributed by atoms with van der Waals surface area (Å²) in [6.07, 6.45) is 3.72. The summed E-state index contributed by atoms with van der Waals surface area (Å²) >= 11 is 0. The lowest BCUT2D eigenvalue weighted by Crippen LogP contribution is -2.49. The van der Waals surface area contributed by atoms with Gasteiger partial charge in [0.05, 0.1) is 11.4 Å². The number of hydrogen-bond acceptors (Lipinski definition) is 4. The van der Waals surface area contributed by atoms with E-state index in [1.807, 2.05) is 0 Å². The van der Waals surface area contributed by atoms with Gasteiger partial charge in [-0.05, 0) is 12.2 Å². The first-order chi connectivity index (χ1) is 4.51. The largest absolute Gasteiger partial charge is 0.400 e. The molecule has 0 spiro atoms. The molecule has 56 valence electrons. The minimum Gasteiger partial charge on any atom is -0.400 e. The summed E-state index contributed by atoms with van der Waals surface area (Å²) in [6, 6.07) is 0. The lowest BCUT2D eigenvalue weighted by atomic mass is 9.99. The fourth-order valence-electron chi connectivity index (χ4n) is 0.843. The standard InChI is InChI=1S/C6H12N4/c7-4-1-2-6(9,10)3-5(4)8/h1-2H,3,7-10H2. The summed E-state index contributed by atoms with van der Waals surface area (Å²) in [5.41, 5.74) is 22.4. The average Bonchev–Trinajstić information content (AvgIpc) is 1.79. The van der Waals surface area contributed by atoms with E-state index in [0.29, 0.717) is 17.8 Å². The molecule has 0 aromatic heterocycles. The van der Waals surface area contributed by atoms with Gasteiger partial charge in [-0.2, -0.15) is 0 Å². The molecule has 0 fully saturated rings. The molecule has 1 aliphatic carbocycles. The van der Waals surface area contributed by atoms with Crippen LogP contribution in [0, 0.1) is 0 Å². The highest BCUT2D eigenvalue weighted by Crippen LogP contribution is 2.14. The third-order valence-corrected chi connectivity index (χ3v) is 1.44. The summed E-state index contributed by atoms with van der Waals surface area (Å²) in [7, 11) is 0. The zero-order valence-corrected chi connectivity index (χ0v) is 5.67. The van der Waals surface area contributed by atoms with Crippen LogP contribution in [0.4, 0.5) is 0 Å². The average molecular weight is 140 g/mol. The summed E-state index contributed by atoms with van der Waals surface area (Å²) < 4.78 is 0. The number of nitrogens with two attached hydrogens (primary N) is 4. The minimum absolute atomic E-state index is 0.426. The van der Waals surface area contributed by atoms with E-state index in [0.717, 1.165) is 0 Å². The van der Waals surface area contributed by atoms with Crippen LogP contribution in [0.25, 0.3) is 0 Å². The van der Waals surface area contributed by atoms with Crippen LogP contribution in [-0.2, 0) is 0 Å². The van der Waals surface area contributed by atoms with E-state index < -0.39 is 5.66 Å². The van der Waals surface area contributed by atoms with Gasteiger partial charge in [-0.15, -0.1) is 0 Å². The fraction of sp³-hybridized carbons (Fsp3) is 0.333. The number of hydrogen-bond donors (Lipinski definition) is 4. The lowest BCUT2D eigenvalue weighted by Gasteiger charge is -2.24. The van der Waals surface area contributed by atoms with Gasteiger partial charge in [0.25, 0.3) is 0 Å². The van der Waals surface area contributed by atoms with Gasteiger partial charge in [-0.25, -0.2) is 0 Å². The molecule has 1 aliphatic rings. The molecule has 10 heavy (non-hydrogen) atoms. The first kappa shape index (κ1) is 7.11. The van der Waals surface area contributed by atoms with Crippen molar-refractivity contribution in [1.29, 1.82) is 0 Å². The Hall–Kier alpha value is -1.00. The van der Waals surface area contributed by atoms with Crippen LogP contribution in [0.3, 0.4) is 0 Å². The molecular formula is C6H12N4. The van der Waals surface area contributed by atoms with Crippen molar-refractivity contribution in [2.45, 2.75) is 12.1 Å². The predicted molar refractivity (Wildman–Crippen MR) is 40.3 cm³/mol. The Kier molecular flexibility index (Phi) is 1.42. The highest BCUT2D eigenvalue weighted by Gasteiger charge is 2.20. The molecule has 0 saturated carbocycles. The third kappa shape index (κ3) is 1.29. The van der Waals surface area contributed by atoms with Crippen molar-refractivity contribution < 1.29 is 0 Å². The van der Waals surface area contributed by atoms with Gasteiger partial charge in [-0.1, -0.05) is 0 Å². The number of rotatable bonds is 0. The Bertz CT molecular complexity index is 202. The van der Waals surface area contributed by atoms with Crippen molar-refractivity contribution in [3.8, 4) is 0 Å². The predicted octanol–water partition coefficient (Wildman–Crippen LogP) is -1.31. The van der Waals surface area contributed by atoms with Crippen LogP contribution in [0.5, 0.6) is 0 Å². The zero-order valence-electron chi connectivity index (χ0n) is 5.67. The van der Waals surface area contributed by atoms with Crippen LogP contribution in [0.1, 0.15) is 6.42 Å². The van der Waals surface area contributed by atoms with Crippen LogP contribution >= 0.6 is 0 Å². The molecule has 0 aromatic rings. The van der Waals surface area contributed by atoms with Crippen molar-refractivity contribution >= 4 is 0 Å². The maximum atomic E-state index is 5.55. The van der Waals surface area contributed by atoms with E-state index in [9.17, 15) is 0 Å². The van der Waals surface area contributed by atoms with Gasteiger partial charge in [0.2, 0.25) is 0 Å². The fourth-order valence-corrected chi connectivity index (χ4v) is 0.843. The summed E-state index contributed by atoms with van der Waals surface area (Å²) in [5, 5.41) is 0. The Labute approximate surface area is 59.5 Å². The molecule has 0 aliphatic heterocycles.